The molecule has 0 atom stereocenters. The van der Waals surface area contributed by atoms with Gasteiger partial charge in [0.1, 0.15) is 12.0 Å². The first-order valence-electron chi connectivity index (χ1n) is 3.25. The summed E-state index contributed by atoms with van der Waals surface area (Å²) in [7, 11) is 1.60. The minimum atomic E-state index is 0.330. The van der Waals surface area contributed by atoms with E-state index in [1.807, 2.05) is 0 Å². The van der Waals surface area contributed by atoms with Crippen LogP contribution in [0, 0.1) is 0 Å². The fraction of sp³-hybridized carbons (Fsp3) is 0.429. The number of nitrogens with zero attached hydrogens (tertiary/aromatic N) is 1. The molecule has 0 fully saturated rings. The zero-order valence-electron chi connectivity index (χ0n) is 6.24. The quantitative estimate of drug-likeness (QED) is 0.600. The van der Waals surface area contributed by atoms with Gasteiger partial charge in [0.2, 0.25) is 0 Å². The molecular weight excluding hydrogens is 146 g/mol. The van der Waals surface area contributed by atoms with Crippen LogP contribution in [0.4, 0.5) is 0 Å². The van der Waals surface area contributed by atoms with Crippen LogP contribution in [0.1, 0.15) is 16.4 Å². The summed E-state index contributed by atoms with van der Waals surface area (Å²) in [6, 6.07) is 0. The highest BCUT2D eigenvalue weighted by molar-refractivity contribution is 5.70. The first-order chi connectivity index (χ1) is 5.36. The molecule has 0 N–H and O–H groups in total. The molecule has 60 valence electrons. The van der Waals surface area contributed by atoms with Gasteiger partial charge in [0.25, 0.3) is 0 Å². The summed E-state index contributed by atoms with van der Waals surface area (Å²) in [6.07, 6.45) is 2.59. The normalized spacial score (nSPS) is 9.91. The molecule has 4 heteroatoms. The van der Waals surface area contributed by atoms with Crippen molar-refractivity contribution in [2.24, 2.45) is 0 Å². The van der Waals surface area contributed by atoms with Crippen molar-refractivity contribution in [1.29, 1.82) is 0 Å². The van der Waals surface area contributed by atoms with Gasteiger partial charge in [-0.1, -0.05) is 0 Å². The van der Waals surface area contributed by atoms with Gasteiger partial charge in [0.05, 0.1) is 6.61 Å². The molecule has 1 aromatic heterocycles. The number of aldehydes is 1. The summed E-state index contributed by atoms with van der Waals surface area (Å²) < 4.78 is 9.74. The Balaban J connectivity index is 2.51. The number of oxazole rings is 1. The second-order valence-corrected chi connectivity index (χ2v) is 2.03. The highest BCUT2D eigenvalue weighted by Gasteiger charge is 2.00. The topological polar surface area (TPSA) is 52.3 Å². The highest BCUT2D eigenvalue weighted by atomic mass is 16.5. The van der Waals surface area contributed by atoms with Crippen molar-refractivity contribution in [1.82, 2.24) is 4.98 Å². The fourth-order valence-electron chi connectivity index (χ4n) is 0.683. The Kier molecular flexibility index (Phi) is 2.80. The lowest BCUT2D eigenvalue weighted by Crippen LogP contribution is -1.94. The Hall–Kier alpha value is -1.16. The van der Waals surface area contributed by atoms with Crippen molar-refractivity contribution in [2.45, 2.75) is 6.42 Å². The number of methoxy groups -OCH3 is 1. The third kappa shape index (κ3) is 2.16. The van der Waals surface area contributed by atoms with Gasteiger partial charge in [-0.3, -0.25) is 4.79 Å². The van der Waals surface area contributed by atoms with E-state index in [9.17, 15) is 4.79 Å². The lowest BCUT2D eigenvalue weighted by Gasteiger charge is -1.91. The Morgan fingerprint density at radius 3 is 3.18 bits per heavy atom. The van der Waals surface area contributed by atoms with E-state index in [0.717, 1.165) is 0 Å². The average Bonchev–Trinajstić information content (AvgIpc) is 2.48. The van der Waals surface area contributed by atoms with E-state index in [-0.39, 0.29) is 0 Å². The highest BCUT2D eigenvalue weighted by Crippen LogP contribution is 1.99. The van der Waals surface area contributed by atoms with Gasteiger partial charge in [0.15, 0.2) is 12.2 Å². The fourth-order valence-corrected chi connectivity index (χ4v) is 0.683. The largest absolute Gasteiger partial charge is 0.448 e. The summed E-state index contributed by atoms with van der Waals surface area (Å²) in [5, 5.41) is 0. The molecule has 0 aliphatic rings. The van der Waals surface area contributed by atoms with Gasteiger partial charge in [-0.15, -0.1) is 0 Å². The Morgan fingerprint density at radius 1 is 1.82 bits per heavy atom. The molecule has 11 heavy (non-hydrogen) atoms. The van der Waals surface area contributed by atoms with Crippen LogP contribution >= 0.6 is 0 Å². The summed E-state index contributed by atoms with van der Waals surface area (Å²) >= 11 is 0. The minimum absolute atomic E-state index is 0.330. The molecule has 0 aliphatic heterocycles. The Morgan fingerprint density at radius 2 is 2.64 bits per heavy atom. The molecule has 0 bridgehead atoms. The van der Waals surface area contributed by atoms with Crippen LogP contribution in [-0.4, -0.2) is 25.0 Å². The molecule has 0 aliphatic carbocycles. The summed E-state index contributed by atoms with van der Waals surface area (Å²) in [5.74, 6) is 0.536. The van der Waals surface area contributed by atoms with Crippen molar-refractivity contribution in [3.63, 3.8) is 0 Å². The minimum Gasteiger partial charge on any atom is -0.448 e. The predicted octanol–water partition coefficient (Wildman–Crippen LogP) is 0.676. The number of hydrogen-bond donors (Lipinski definition) is 0. The molecule has 0 amide bonds. The monoisotopic (exact) mass is 155 g/mol. The predicted molar refractivity (Wildman–Crippen MR) is 37.5 cm³/mol. The number of carbonyl (C=O) groups is 1. The number of aromatic nitrogens is 1. The van der Waals surface area contributed by atoms with E-state index in [1.165, 1.54) is 6.26 Å². The zero-order valence-corrected chi connectivity index (χ0v) is 6.24. The summed E-state index contributed by atoms with van der Waals surface area (Å²) in [5.41, 5.74) is 0.330. The SMILES string of the molecule is COCCc1nc(C=O)co1. The summed E-state index contributed by atoms with van der Waals surface area (Å²) in [4.78, 5) is 14.0. The maximum absolute atomic E-state index is 10.1. The zero-order chi connectivity index (χ0) is 8.10. The van der Waals surface area contributed by atoms with Gasteiger partial charge >= 0.3 is 0 Å². The van der Waals surface area contributed by atoms with Crippen molar-refractivity contribution in [3.05, 3.63) is 17.8 Å². The van der Waals surface area contributed by atoms with Crippen LogP contribution in [0.3, 0.4) is 0 Å². The molecule has 0 saturated heterocycles. The van der Waals surface area contributed by atoms with Crippen LogP contribution in [0.25, 0.3) is 0 Å². The van der Waals surface area contributed by atoms with E-state index in [0.29, 0.717) is 30.9 Å². The molecule has 0 saturated carbocycles. The molecule has 1 aromatic rings. The first-order valence-corrected chi connectivity index (χ1v) is 3.25. The molecule has 0 spiro atoms. The number of rotatable bonds is 4. The second-order valence-electron chi connectivity index (χ2n) is 2.03. The van der Waals surface area contributed by atoms with Crippen molar-refractivity contribution < 1.29 is 13.9 Å². The maximum atomic E-state index is 10.1. The van der Waals surface area contributed by atoms with Crippen LogP contribution in [0.5, 0.6) is 0 Å². The van der Waals surface area contributed by atoms with Gasteiger partial charge < -0.3 is 9.15 Å². The van der Waals surface area contributed by atoms with Crippen molar-refractivity contribution >= 4 is 6.29 Å². The van der Waals surface area contributed by atoms with Crippen molar-refractivity contribution in [2.75, 3.05) is 13.7 Å². The number of ether oxygens (including phenoxy) is 1. The standard InChI is InChI=1S/C7H9NO3/c1-10-3-2-7-8-6(4-9)5-11-7/h4-5H,2-3H2,1H3. The van der Waals surface area contributed by atoms with Gasteiger partial charge in [-0.05, 0) is 0 Å². The molecule has 1 rings (SSSR count). The lowest BCUT2D eigenvalue weighted by molar-refractivity contribution is 0.111. The van der Waals surface area contributed by atoms with Gasteiger partial charge in [-0.2, -0.15) is 0 Å². The smallest absolute Gasteiger partial charge is 0.196 e. The van der Waals surface area contributed by atoms with Crippen molar-refractivity contribution in [3.8, 4) is 0 Å². The van der Waals surface area contributed by atoms with Crippen LogP contribution in [0.2, 0.25) is 0 Å². The third-order valence-electron chi connectivity index (χ3n) is 1.21. The lowest BCUT2D eigenvalue weighted by atomic mass is 10.4. The summed E-state index contributed by atoms with van der Waals surface area (Å²) in [6.45, 7) is 0.554. The van der Waals surface area contributed by atoms with Crippen LogP contribution in [0.15, 0.2) is 10.7 Å². The Labute approximate surface area is 64.2 Å². The third-order valence-corrected chi connectivity index (χ3v) is 1.21. The van der Waals surface area contributed by atoms with Crippen LogP contribution < -0.4 is 0 Å². The Bertz CT molecular complexity index is 231. The molecule has 0 radical (unpaired) electrons. The molecule has 0 unspecified atom stereocenters. The van der Waals surface area contributed by atoms with Gasteiger partial charge in [0, 0.05) is 13.5 Å². The van der Waals surface area contributed by atoms with E-state index < -0.39 is 0 Å². The maximum Gasteiger partial charge on any atom is 0.196 e. The average molecular weight is 155 g/mol. The van der Waals surface area contributed by atoms with Gasteiger partial charge in [-0.25, -0.2) is 4.98 Å². The number of hydrogen-bond acceptors (Lipinski definition) is 4. The van der Waals surface area contributed by atoms with E-state index >= 15 is 0 Å². The molecule has 4 nitrogen and oxygen atoms in total. The van der Waals surface area contributed by atoms with E-state index in [4.69, 9.17) is 9.15 Å². The molecule has 0 aromatic carbocycles. The first kappa shape index (κ1) is 7.94. The molecule has 1 heterocycles. The van der Waals surface area contributed by atoms with Crippen LogP contribution in [-0.2, 0) is 11.2 Å². The second kappa shape index (κ2) is 3.88. The number of carbonyl (C=O) groups excluding carboxylic acids is 1. The molecular formula is C7H9NO3. The van der Waals surface area contributed by atoms with E-state index in [1.54, 1.807) is 7.11 Å². The van der Waals surface area contributed by atoms with E-state index in [2.05, 4.69) is 4.98 Å².